The number of methoxy groups -OCH3 is 1. The van der Waals surface area contributed by atoms with E-state index in [0.717, 1.165) is 12.8 Å². The van der Waals surface area contributed by atoms with Crippen molar-refractivity contribution in [1.29, 1.82) is 0 Å². The molecule has 136 valence electrons. The summed E-state index contributed by atoms with van der Waals surface area (Å²) in [6.45, 7) is 0.444. The molecule has 1 atom stereocenters. The second kappa shape index (κ2) is 6.08. The standard InChI is InChI=1S/C17H19N5O4/c1-26-14-7-11(18-9-19-14)12-6-13(21-20-12)15(23)22-5-2-10(16(24)25)8-17(22)3-4-17/h6-7,9-10H,2-5,8H2,1H3,(H,20,21)(H,24,25). The Hall–Kier alpha value is -2.97. The van der Waals surface area contributed by atoms with Gasteiger partial charge in [-0.1, -0.05) is 0 Å². The number of hydrogen-bond donors (Lipinski definition) is 2. The fraction of sp³-hybridized carbons (Fsp3) is 0.471. The molecule has 1 aliphatic carbocycles. The molecule has 1 spiro atoms. The second-order valence-corrected chi connectivity index (χ2v) is 6.82. The smallest absolute Gasteiger partial charge is 0.306 e. The van der Waals surface area contributed by atoms with Gasteiger partial charge in [-0.15, -0.1) is 0 Å². The number of carboxylic acids is 1. The van der Waals surface area contributed by atoms with Crippen LogP contribution in [0.1, 0.15) is 36.2 Å². The Morgan fingerprint density at radius 1 is 1.35 bits per heavy atom. The molecular formula is C17H19N5O4. The van der Waals surface area contributed by atoms with Crippen molar-refractivity contribution in [1.82, 2.24) is 25.1 Å². The number of piperidine rings is 1. The number of nitrogens with one attached hydrogen (secondary N) is 1. The third-order valence-electron chi connectivity index (χ3n) is 5.25. The SMILES string of the molecule is COc1cc(-c2cc(C(=O)N3CCC(C(=O)O)CC34CC4)n[nH]2)ncn1. The average Bonchev–Trinajstić information content (AvgIpc) is 3.22. The first-order valence-corrected chi connectivity index (χ1v) is 8.49. The van der Waals surface area contributed by atoms with E-state index in [-0.39, 0.29) is 17.4 Å². The van der Waals surface area contributed by atoms with E-state index in [1.165, 1.54) is 13.4 Å². The summed E-state index contributed by atoms with van der Waals surface area (Å²) in [7, 11) is 1.52. The molecule has 2 aliphatic rings. The molecule has 26 heavy (non-hydrogen) atoms. The number of likely N-dealkylation sites (tertiary alicyclic amines) is 1. The highest BCUT2D eigenvalue weighted by Crippen LogP contribution is 2.50. The molecule has 2 aromatic heterocycles. The summed E-state index contributed by atoms with van der Waals surface area (Å²) in [5.41, 5.74) is 1.17. The number of aromatic nitrogens is 4. The van der Waals surface area contributed by atoms with Crippen molar-refractivity contribution in [3.8, 4) is 17.3 Å². The number of nitrogens with zero attached hydrogens (tertiary/aromatic N) is 4. The Morgan fingerprint density at radius 3 is 2.85 bits per heavy atom. The molecule has 1 saturated carbocycles. The van der Waals surface area contributed by atoms with Crippen LogP contribution in [0.15, 0.2) is 18.5 Å². The zero-order chi connectivity index (χ0) is 18.3. The van der Waals surface area contributed by atoms with E-state index in [9.17, 15) is 14.7 Å². The van der Waals surface area contributed by atoms with Crippen LogP contribution in [0.2, 0.25) is 0 Å². The van der Waals surface area contributed by atoms with Gasteiger partial charge < -0.3 is 14.7 Å². The number of carbonyl (C=O) groups is 2. The summed E-state index contributed by atoms with van der Waals surface area (Å²) in [6, 6.07) is 3.31. The molecule has 0 radical (unpaired) electrons. The van der Waals surface area contributed by atoms with Crippen LogP contribution in [0, 0.1) is 5.92 Å². The lowest BCUT2D eigenvalue weighted by Crippen LogP contribution is -2.49. The van der Waals surface area contributed by atoms with Crippen LogP contribution in [0.3, 0.4) is 0 Å². The molecule has 0 bridgehead atoms. The largest absolute Gasteiger partial charge is 0.481 e. The van der Waals surface area contributed by atoms with Gasteiger partial charge in [0.25, 0.3) is 5.91 Å². The van der Waals surface area contributed by atoms with E-state index in [2.05, 4.69) is 20.2 Å². The van der Waals surface area contributed by atoms with Crippen molar-refractivity contribution in [2.24, 2.45) is 5.92 Å². The number of aromatic amines is 1. The van der Waals surface area contributed by atoms with Crippen LogP contribution in [0.4, 0.5) is 0 Å². The molecule has 0 aromatic carbocycles. The van der Waals surface area contributed by atoms with Gasteiger partial charge >= 0.3 is 5.97 Å². The molecule has 2 fully saturated rings. The number of carboxylic acid groups (broad SMARTS) is 1. The Labute approximate surface area is 149 Å². The van der Waals surface area contributed by atoms with Gasteiger partial charge in [0.1, 0.15) is 6.33 Å². The van der Waals surface area contributed by atoms with Crippen LogP contribution in [-0.4, -0.2) is 61.2 Å². The summed E-state index contributed by atoms with van der Waals surface area (Å²) in [6.07, 6.45) is 4.08. The number of ether oxygens (including phenoxy) is 1. The van der Waals surface area contributed by atoms with E-state index in [4.69, 9.17) is 4.74 Å². The predicted octanol–water partition coefficient (Wildman–Crippen LogP) is 1.34. The fourth-order valence-corrected chi connectivity index (χ4v) is 3.64. The predicted molar refractivity (Wildman–Crippen MR) is 89.5 cm³/mol. The lowest BCUT2D eigenvalue weighted by atomic mass is 9.89. The van der Waals surface area contributed by atoms with Gasteiger partial charge in [-0.25, -0.2) is 9.97 Å². The van der Waals surface area contributed by atoms with E-state index in [1.54, 1.807) is 17.0 Å². The van der Waals surface area contributed by atoms with Gasteiger partial charge in [0.05, 0.1) is 24.4 Å². The molecule has 1 aliphatic heterocycles. The van der Waals surface area contributed by atoms with Crippen LogP contribution in [-0.2, 0) is 4.79 Å². The van der Waals surface area contributed by atoms with Crippen molar-refractivity contribution in [2.75, 3.05) is 13.7 Å². The van der Waals surface area contributed by atoms with E-state index in [1.807, 2.05) is 0 Å². The van der Waals surface area contributed by atoms with Gasteiger partial charge in [0.15, 0.2) is 5.69 Å². The first kappa shape index (κ1) is 16.5. The number of H-pyrrole nitrogens is 1. The van der Waals surface area contributed by atoms with Crippen molar-refractivity contribution >= 4 is 11.9 Å². The molecule has 1 amide bonds. The number of hydrogen-bond acceptors (Lipinski definition) is 6. The highest BCUT2D eigenvalue weighted by Gasteiger charge is 2.54. The zero-order valence-electron chi connectivity index (χ0n) is 14.3. The Morgan fingerprint density at radius 2 is 2.15 bits per heavy atom. The third-order valence-corrected chi connectivity index (χ3v) is 5.25. The van der Waals surface area contributed by atoms with Crippen LogP contribution in [0.5, 0.6) is 5.88 Å². The molecule has 3 heterocycles. The van der Waals surface area contributed by atoms with Gasteiger partial charge in [0, 0.05) is 18.2 Å². The second-order valence-electron chi connectivity index (χ2n) is 6.82. The fourth-order valence-electron chi connectivity index (χ4n) is 3.64. The van der Waals surface area contributed by atoms with Crippen LogP contribution in [0.25, 0.3) is 11.4 Å². The molecule has 9 heteroatoms. The maximum atomic E-state index is 12.9. The molecule has 2 N–H and O–H groups in total. The van der Waals surface area contributed by atoms with Gasteiger partial charge in [0.2, 0.25) is 5.88 Å². The minimum Gasteiger partial charge on any atom is -0.481 e. The topological polar surface area (TPSA) is 121 Å². The zero-order valence-corrected chi connectivity index (χ0v) is 14.3. The summed E-state index contributed by atoms with van der Waals surface area (Å²) in [5, 5.41) is 16.2. The first-order valence-electron chi connectivity index (χ1n) is 8.49. The van der Waals surface area contributed by atoms with Crippen molar-refractivity contribution < 1.29 is 19.4 Å². The highest BCUT2D eigenvalue weighted by atomic mass is 16.5. The maximum Gasteiger partial charge on any atom is 0.306 e. The minimum atomic E-state index is -0.775. The number of aliphatic carboxylic acids is 1. The Balaban J connectivity index is 1.54. The summed E-state index contributed by atoms with van der Waals surface area (Å²) in [4.78, 5) is 34.1. The molecule has 4 rings (SSSR count). The van der Waals surface area contributed by atoms with Crippen molar-refractivity contribution in [2.45, 2.75) is 31.2 Å². The molecule has 2 aromatic rings. The van der Waals surface area contributed by atoms with Crippen LogP contribution < -0.4 is 4.74 Å². The summed E-state index contributed by atoms with van der Waals surface area (Å²) < 4.78 is 5.08. The molecule has 1 saturated heterocycles. The maximum absolute atomic E-state index is 12.9. The van der Waals surface area contributed by atoms with E-state index >= 15 is 0 Å². The van der Waals surface area contributed by atoms with Gasteiger partial charge in [-0.05, 0) is 31.7 Å². The number of amides is 1. The monoisotopic (exact) mass is 357 g/mol. The van der Waals surface area contributed by atoms with Crippen molar-refractivity contribution in [3.05, 3.63) is 24.2 Å². The van der Waals surface area contributed by atoms with E-state index < -0.39 is 5.97 Å². The highest BCUT2D eigenvalue weighted by molar-refractivity contribution is 5.94. The summed E-state index contributed by atoms with van der Waals surface area (Å²) in [5.74, 6) is -0.895. The molecule has 9 nitrogen and oxygen atoms in total. The third kappa shape index (κ3) is 2.79. The summed E-state index contributed by atoms with van der Waals surface area (Å²) >= 11 is 0. The molecule has 1 unspecified atom stereocenters. The first-order chi connectivity index (χ1) is 12.5. The average molecular weight is 357 g/mol. The Kier molecular flexibility index (Phi) is 3.86. The number of rotatable bonds is 4. The van der Waals surface area contributed by atoms with E-state index in [0.29, 0.717) is 42.3 Å². The quantitative estimate of drug-likeness (QED) is 0.847. The lowest BCUT2D eigenvalue weighted by Gasteiger charge is -2.38. The van der Waals surface area contributed by atoms with Gasteiger partial charge in [-0.2, -0.15) is 5.10 Å². The van der Waals surface area contributed by atoms with Gasteiger partial charge in [-0.3, -0.25) is 14.7 Å². The van der Waals surface area contributed by atoms with Crippen molar-refractivity contribution in [3.63, 3.8) is 0 Å². The number of carbonyl (C=O) groups excluding carboxylic acids is 1. The normalized spacial score (nSPS) is 20.8. The molecular weight excluding hydrogens is 338 g/mol. The Bertz CT molecular complexity index is 860. The van der Waals surface area contributed by atoms with Crippen LogP contribution >= 0.6 is 0 Å². The minimum absolute atomic E-state index is 0.171. The lowest BCUT2D eigenvalue weighted by molar-refractivity contribution is -0.144.